The Morgan fingerprint density at radius 1 is 0.526 bits per heavy atom. The smallest absolute Gasteiger partial charge is 0.160 e. The van der Waals surface area contributed by atoms with Gasteiger partial charge in [-0.3, -0.25) is 0 Å². The Hall–Kier alpha value is -5.33. The molecule has 0 atom stereocenters. The lowest BCUT2D eigenvalue weighted by Gasteiger charge is -2.10. The van der Waals surface area contributed by atoms with Crippen molar-refractivity contribution in [3.63, 3.8) is 0 Å². The second kappa shape index (κ2) is 8.96. The second-order valence-corrected chi connectivity index (χ2v) is 9.46. The fourth-order valence-electron chi connectivity index (χ4n) is 5.10. The highest BCUT2D eigenvalue weighted by molar-refractivity contribution is 5.99. The zero-order chi connectivity index (χ0) is 25.5. The Balaban J connectivity index is 1.25. The highest BCUT2D eigenvalue weighted by atomic mass is 14.9. The lowest BCUT2D eigenvalue weighted by Crippen LogP contribution is -1.91. The van der Waals surface area contributed by atoms with Crippen molar-refractivity contribution < 1.29 is 0 Å². The summed E-state index contributed by atoms with van der Waals surface area (Å²) in [6.45, 7) is 0. The van der Waals surface area contributed by atoms with Gasteiger partial charge in [0.15, 0.2) is 5.82 Å². The fraction of sp³-hybridized carbons (Fsp3) is 0. The summed E-state index contributed by atoms with van der Waals surface area (Å²) < 4.78 is 0. The van der Waals surface area contributed by atoms with Gasteiger partial charge >= 0.3 is 0 Å². The van der Waals surface area contributed by atoms with Crippen LogP contribution in [0.5, 0.6) is 0 Å². The number of hydrogen-bond acceptors (Lipinski definition) is 3. The Morgan fingerprint density at radius 2 is 1.16 bits per heavy atom. The highest BCUT2D eigenvalue weighted by Gasteiger charge is 2.10. The van der Waals surface area contributed by atoms with Crippen molar-refractivity contribution in [1.29, 1.82) is 5.26 Å². The number of hydrogen-bond donors (Lipinski definition) is 0. The van der Waals surface area contributed by atoms with Crippen molar-refractivity contribution >= 4 is 32.4 Å². The van der Waals surface area contributed by atoms with Gasteiger partial charge in [0.05, 0.1) is 17.1 Å². The molecule has 0 N–H and O–H groups in total. The molecule has 176 valence electrons. The van der Waals surface area contributed by atoms with Gasteiger partial charge in [-0.25, -0.2) is 9.97 Å². The maximum absolute atomic E-state index is 9.06. The summed E-state index contributed by atoms with van der Waals surface area (Å²) in [6, 6.07) is 44.0. The number of aromatic nitrogens is 2. The molecule has 0 fully saturated rings. The molecule has 0 amide bonds. The molecule has 0 aliphatic heterocycles. The predicted octanol–water partition coefficient (Wildman–Crippen LogP) is 8.81. The molecule has 1 aromatic heterocycles. The monoisotopic (exact) mass is 483 g/mol. The average Bonchev–Trinajstić information content (AvgIpc) is 2.99. The first-order valence-electron chi connectivity index (χ1n) is 12.5. The first-order chi connectivity index (χ1) is 18.7. The van der Waals surface area contributed by atoms with Crippen LogP contribution in [0.4, 0.5) is 0 Å². The minimum atomic E-state index is 0.673. The molecule has 38 heavy (non-hydrogen) atoms. The van der Waals surface area contributed by atoms with Crippen LogP contribution in [0, 0.1) is 11.3 Å². The third-order valence-corrected chi connectivity index (χ3v) is 7.13. The Morgan fingerprint density at radius 3 is 1.92 bits per heavy atom. The average molecular weight is 484 g/mol. The summed E-state index contributed by atoms with van der Waals surface area (Å²) in [4.78, 5) is 9.48. The van der Waals surface area contributed by atoms with Gasteiger partial charge in [-0.1, -0.05) is 84.9 Å². The van der Waals surface area contributed by atoms with Gasteiger partial charge in [0.25, 0.3) is 0 Å². The topological polar surface area (TPSA) is 49.6 Å². The van der Waals surface area contributed by atoms with E-state index in [1.54, 1.807) is 0 Å². The first kappa shape index (κ1) is 21.9. The van der Waals surface area contributed by atoms with Crippen LogP contribution in [0.15, 0.2) is 128 Å². The number of fused-ring (bicyclic) bond motifs is 3. The zero-order valence-corrected chi connectivity index (χ0v) is 20.5. The number of rotatable bonds is 3. The van der Waals surface area contributed by atoms with Crippen molar-refractivity contribution in [2.24, 2.45) is 0 Å². The second-order valence-electron chi connectivity index (χ2n) is 9.46. The van der Waals surface area contributed by atoms with Gasteiger partial charge in [-0.15, -0.1) is 0 Å². The molecule has 0 saturated heterocycles. The van der Waals surface area contributed by atoms with Crippen molar-refractivity contribution in [1.82, 2.24) is 9.97 Å². The third kappa shape index (κ3) is 3.86. The fourth-order valence-corrected chi connectivity index (χ4v) is 5.10. The van der Waals surface area contributed by atoms with E-state index in [0.717, 1.165) is 44.2 Å². The van der Waals surface area contributed by atoms with E-state index in [0.29, 0.717) is 5.56 Å². The van der Waals surface area contributed by atoms with Gasteiger partial charge in [0, 0.05) is 17.1 Å². The molecule has 0 aliphatic carbocycles. The number of para-hydroxylation sites is 1. The third-order valence-electron chi connectivity index (χ3n) is 7.13. The van der Waals surface area contributed by atoms with Crippen LogP contribution < -0.4 is 0 Å². The summed E-state index contributed by atoms with van der Waals surface area (Å²) in [5.74, 6) is 0.742. The maximum Gasteiger partial charge on any atom is 0.160 e. The summed E-state index contributed by atoms with van der Waals surface area (Å²) in [5, 5.41) is 14.8. The van der Waals surface area contributed by atoms with E-state index in [1.807, 2.05) is 54.7 Å². The number of nitriles is 1. The SMILES string of the molecule is N#Cc1ccc(-c2ccc3cc(-c4ccc5c(-c6ncc7ccccc7n6)cccc5c4)ccc3c2)cc1. The van der Waals surface area contributed by atoms with Crippen molar-refractivity contribution in [3.8, 4) is 39.7 Å². The molecule has 0 unspecified atom stereocenters. The Labute approximate surface area is 220 Å². The van der Waals surface area contributed by atoms with Crippen LogP contribution in [-0.4, -0.2) is 9.97 Å². The number of benzene rings is 6. The molecule has 0 radical (unpaired) electrons. The van der Waals surface area contributed by atoms with Crippen LogP contribution in [0.25, 0.3) is 66.1 Å². The molecule has 0 saturated carbocycles. The first-order valence-corrected chi connectivity index (χ1v) is 12.5. The Bertz CT molecular complexity index is 2030. The van der Waals surface area contributed by atoms with Crippen LogP contribution in [0.3, 0.4) is 0 Å². The van der Waals surface area contributed by atoms with E-state index in [2.05, 4.69) is 83.8 Å². The summed E-state index contributed by atoms with van der Waals surface area (Å²) >= 11 is 0. The predicted molar refractivity (Wildman–Crippen MR) is 156 cm³/mol. The van der Waals surface area contributed by atoms with Crippen molar-refractivity contribution in [2.75, 3.05) is 0 Å². The molecule has 0 aliphatic rings. The quantitative estimate of drug-likeness (QED) is 0.252. The lowest BCUT2D eigenvalue weighted by atomic mass is 9.95. The highest BCUT2D eigenvalue weighted by Crippen LogP contribution is 2.33. The molecule has 3 heteroatoms. The number of nitrogens with zero attached hydrogens (tertiary/aromatic N) is 3. The Kier molecular flexibility index (Phi) is 5.17. The van der Waals surface area contributed by atoms with E-state index < -0.39 is 0 Å². The summed E-state index contributed by atoms with van der Waals surface area (Å²) in [7, 11) is 0. The largest absolute Gasteiger partial charge is 0.236 e. The molecular weight excluding hydrogens is 462 g/mol. The van der Waals surface area contributed by atoms with Crippen molar-refractivity contribution in [2.45, 2.75) is 0 Å². The van der Waals surface area contributed by atoms with E-state index >= 15 is 0 Å². The molecule has 0 spiro atoms. The lowest BCUT2D eigenvalue weighted by molar-refractivity contribution is 1.23. The molecule has 7 rings (SSSR count). The standard InChI is InChI=1S/C35H21N3/c36-21-23-8-10-24(11-9-23)25-12-13-27-19-28(15-14-26(27)18-25)29-16-17-32-30(20-29)5-3-6-33(32)35-37-22-31-4-1-2-7-34(31)38-35/h1-20,22H. The summed E-state index contributed by atoms with van der Waals surface area (Å²) in [6.07, 6.45) is 1.90. The van der Waals surface area contributed by atoms with Crippen LogP contribution >= 0.6 is 0 Å². The molecule has 7 aromatic rings. The van der Waals surface area contributed by atoms with Gasteiger partial charge in [-0.05, 0) is 80.2 Å². The van der Waals surface area contributed by atoms with Crippen molar-refractivity contribution in [3.05, 3.63) is 133 Å². The van der Waals surface area contributed by atoms with E-state index in [-0.39, 0.29) is 0 Å². The molecule has 1 heterocycles. The van der Waals surface area contributed by atoms with E-state index in [9.17, 15) is 0 Å². The minimum Gasteiger partial charge on any atom is -0.236 e. The van der Waals surface area contributed by atoms with Gasteiger partial charge in [0.2, 0.25) is 0 Å². The van der Waals surface area contributed by atoms with Crippen LogP contribution in [0.2, 0.25) is 0 Å². The van der Waals surface area contributed by atoms with Gasteiger partial charge in [-0.2, -0.15) is 5.26 Å². The van der Waals surface area contributed by atoms with Gasteiger partial charge in [0.1, 0.15) is 0 Å². The van der Waals surface area contributed by atoms with Crippen LogP contribution in [0.1, 0.15) is 5.56 Å². The minimum absolute atomic E-state index is 0.673. The molecular formula is C35H21N3. The van der Waals surface area contributed by atoms with Crippen LogP contribution in [-0.2, 0) is 0 Å². The van der Waals surface area contributed by atoms with E-state index in [1.165, 1.54) is 21.9 Å². The van der Waals surface area contributed by atoms with E-state index in [4.69, 9.17) is 10.2 Å². The molecule has 3 nitrogen and oxygen atoms in total. The zero-order valence-electron chi connectivity index (χ0n) is 20.5. The maximum atomic E-state index is 9.06. The summed E-state index contributed by atoms with van der Waals surface area (Å²) in [5.41, 5.74) is 7.26. The molecule has 6 aromatic carbocycles. The normalized spacial score (nSPS) is 11.1. The molecule has 0 bridgehead atoms. The van der Waals surface area contributed by atoms with Gasteiger partial charge < -0.3 is 0 Å².